The lowest BCUT2D eigenvalue weighted by Crippen LogP contribution is -2.23. The van der Waals surface area contributed by atoms with Crippen LogP contribution >= 0.6 is 18.9 Å². The van der Waals surface area contributed by atoms with Gasteiger partial charge in [-0.3, -0.25) is 9.36 Å². The van der Waals surface area contributed by atoms with Gasteiger partial charge in [-0.05, 0) is 63.5 Å². The van der Waals surface area contributed by atoms with Crippen LogP contribution in [0.2, 0.25) is 0 Å². The summed E-state index contributed by atoms with van der Waals surface area (Å²) in [6, 6.07) is 6.79. The van der Waals surface area contributed by atoms with Crippen LogP contribution in [0, 0.1) is 19.7 Å². The van der Waals surface area contributed by atoms with Gasteiger partial charge in [0.15, 0.2) is 0 Å². The van der Waals surface area contributed by atoms with Gasteiger partial charge in [-0.15, -0.1) is 0 Å². The number of anilines is 3. The Hall–Kier alpha value is -1.56. The highest BCUT2D eigenvalue weighted by molar-refractivity contribution is 8.53. The first-order valence-electron chi connectivity index (χ1n) is 9.93. The maximum Gasteiger partial charge on any atom is 0.254 e. The molecule has 2 N–H and O–H groups in total. The fourth-order valence-corrected chi connectivity index (χ4v) is 4.91. The number of hydrogen-bond acceptors (Lipinski definition) is 5. The number of halogens is 1. The molecular weight excluding hydrogens is 408 g/mol. The van der Waals surface area contributed by atoms with Gasteiger partial charge in [0.2, 0.25) is 0 Å². The molecule has 1 aliphatic rings. The van der Waals surface area contributed by atoms with E-state index in [2.05, 4.69) is 17.1 Å². The molecule has 160 valence electrons. The van der Waals surface area contributed by atoms with Crippen LogP contribution in [0.3, 0.4) is 0 Å². The lowest BCUT2D eigenvalue weighted by Gasteiger charge is -2.26. The minimum absolute atomic E-state index is 0.116. The van der Waals surface area contributed by atoms with E-state index in [-0.39, 0.29) is 11.4 Å². The summed E-state index contributed by atoms with van der Waals surface area (Å²) in [4.78, 5) is 12.4. The molecule has 5 nitrogen and oxygen atoms in total. The van der Waals surface area contributed by atoms with Crippen LogP contribution in [-0.2, 0) is 11.2 Å². The summed E-state index contributed by atoms with van der Waals surface area (Å²) >= 11 is 1.46. The highest BCUT2D eigenvalue weighted by Crippen LogP contribution is 2.49. The van der Waals surface area contributed by atoms with Crippen LogP contribution in [0.4, 0.5) is 21.6 Å². The monoisotopic (exact) mass is 439 g/mol. The quantitative estimate of drug-likeness (QED) is 0.382. The van der Waals surface area contributed by atoms with Gasteiger partial charge < -0.3 is 14.6 Å². The molecule has 1 aromatic heterocycles. The van der Waals surface area contributed by atoms with E-state index in [9.17, 15) is 9.18 Å². The summed E-state index contributed by atoms with van der Waals surface area (Å²) in [5.74, 6) is 0.183. The highest BCUT2D eigenvalue weighted by Gasteiger charge is 2.21. The molecule has 8 heteroatoms. The van der Waals surface area contributed by atoms with E-state index in [1.54, 1.807) is 26.1 Å². The number of benzene rings is 1. The molecule has 3 rings (SSSR count). The summed E-state index contributed by atoms with van der Waals surface area (Å²) in [5, 5.41) is 6.51. The van der Waals surface area contributed by atoms with Crippen LogP contribution in [0.5, 0.6) is 0 Å². The lowest BCUT2D eigenvalue weighted by atomic mass is 9.97. The third kappa shape index (κ3) is 6.21. The lowest BCUT2D eigenvalue weighted by molar-refractivity contribution is 0.150. The topological polar surface area (TPSA) is 55.3 Å². The number of hydrogen-bond donors (Lipinski definition) is 2. The maximum atomic E-state index is 14.3. The number of rotatable bonds is 7. The zero-order valence-electron chi connectivity index (χ0n) is 18.0. The minimum Gasteiger partial charge on any atom is -0.351 e. The van der Waals surface area contributed by atoms with Gasteiger partial charge in [0.1, 0.15) is 11.6 Å². The second-order valence-corrected chi connectivity index (χ2v) is 10.5. The Kier molecular flexibility index (Phi) is 9.00. The third-order valence-corrected chi connectivity index (χ3v) is 6.93. The molecule has 1 saturated carbocycles. The van der Waals surface area contributed by atoms with Gasteiger partial charge in [-0.2, -0.15) is 0 Å². The van der Waals surface area contributed by atoms with Crippen molar-refractivity contribution in [2.75, 3.05) is 17.1 Å². The number of pyridine rings is 1. The molecule has 1 atom stereocenters. The van der Waals surface area contributed by atoms with Crippen molar-refractivity contribution in [2.24, 2.45) is 7.05 Å². The average Bonchev–Trinajstić information content (AvgIpc) is 2.65. The van der Waals surface area contributed by atoms with Crippen molar-refractivity contribution in [3.63, 3.8) is 0 Å². The standard InChI is InChI=1S/C19H25FN3O2PS.C2H6/c1-12-8-9-16(15(20)10-12)21-18-17(11-13(2)19(24)23(18)3)22-26(4)27-25-14-6-5-7-14;1-2/h8-11,14,21-22H,5-7H2,1-4H3;1-2H3. The van der Waals surface area contributed by atoms with Crippen LogP contribution in [0.1, 0.15) is 44.2 Å². The van der Waals surface area contributed by atoms with Crippen molar-refractivity contribution in [3.8, 4) is 0 Å². The number of nitrogens with zero attached hydrogens (tertiary/aromatic N) is 1. The molecule has 1 fully saturated rings. The fraction of sp³-hybridized carbons (Fsp3) is 0.476. The Labute approximate surface area is 178 Å². The van der Waals surface area contributed by atoms with Crippen molar-refractivity contribution in [3.05, 3.63) is 51.6 Å². The summed E-state index contributed by atoms with van der Waals surface area (Å²) in [7, 11) is 0.981. The number of nitrogens with one attached hydrogen (secondary N) is 2. The first-order chi connectivity index (χ1) is 13.8. The van der Waals surface area contributed by atoms with Crippen molar-refractivity contribution in [2.45, 2.75) is 53.1 Å². The first-order valence-corrected chi connectivity index (χ1v) is 13.1. The van der Waals surface area contributed by atoms with E-state index < -0.39 is 7.27 Å². The van der Waals surface area contributed by atoms with Crippen LogP contribution in [0.25, 0.3) is 0 Å². The Bertz CT molecular complexity index is 887. The van der Waals surface area contributed by atoms with Gasteiger partial charge in [-0.25, -0.2) is 4.39 Å². The van der Waals surface area contributed by atoms with Crippen molar-refractivity contribution >= 4 is 36.1 Å². The Morgan fingerprint density at radius 3 is 2.48 bits per heavy atom. The van der Waals surface area contributed by atoms with Gasteiger partial charge >= 0.3 is 0 Å². The van der Waals surface area contributed by atoms with Crippen molar-refractivity contribution in [1.82, 2.24) is 4.57 Å². The molecule has 1 heterocycles. The smallest absolute Gasteiger partial charge is 0.254 e. The number of aromatic nitrogens is 1. The largest absolute Gasteiger partial charge is 0.351 e. The van der Waals surface area contributed by atoms with Gasteiger partial charge in [0.25, 0.3) is 5.56 Å². The Morgan fingerprint density at radius 2 is 1.90 bits per heavy atom. The SMILES string of the molecule is CC.Cc1ccc(Nc2c(NP(C)SOC3CCC3)cc(C)c(=O)n2C)c(F)c1. The molecule has 0 amide bonds. The third-order valence-electron chi connectivity index (χ3n) is 4.59. The van der Waals surface area contributed by atoms with Crippen LogP contribution in [-0.4, -0.2) is 17.3 Å². The van der Waals surface area contributed by atoms with Crippen LogP contribution in [0.15, 0.2) is 29.1 Å². The first kappa shape index (κ1) is 23.7. The van der Waals surface area contributed by atoms with Gasteiger partial charge in [-0.1, -0.05) is 19.9 Å². The van der Waals surface area contributed by atoms with E-state index in [0.29, 0.717) is 23.2 Å². The molecule has 0 radical (unpaired) electrons. The van der Waals surface area contributed by atoms with Gasteiger partial charge in [0.05, 0.1) is 24.8 Å². The second-order valence-electron chi connectivity index (χ2n) is 6.90. The van der Waals surface area contributed by atoms with Gasteiger partial charge in [0, 0.05) is 24.3 Å². The molecule has 0 aliphatic heterocycles. The van der Waals surface area contributed by atoms with Crippen LogP contribution < -0.4 is 16.0 Å². The van der Waals surface area contributed by atoms with Crippen molar-refractivity contribution < 1.29 is 8.57 Å². The van der Waals surface area contributed by atoms with E-state index in [0.717, 1.165) is 24.1 Å². The normalized spacial score (nSPS) is 14.4. The predicted molar refractivity (Wildman–Crippen MR) is 125 cm³/mol. The highest BCUT2D eigenvalue weighted by atomic mass is 32.7. The molecule has 1 unspecified atom stereocenters. The second kappa shape index (κ2) is 11.0. The van der Waals surface area contributed by atoms with E-state index in [1.807, 2.05) is 26.8 Å². The zero-order chi connectivity index (χ0) is 21.6. The maximum absolute atomic E-state index is 14.3. The minimum atomic E-state index is -0.704. The molecule has 1 aromatic carbocycles. The molecule has 0 spiro atoms. The predicted octanol–water partition coefficient (Wildman–Crippen LogP) is 6.48. The summed E-state index contributed by atoms with van der Waals surface area (Å²) < 4.78 is 21.6. The number of aryl methyl sites for hydroxylation is 2. The summed E-state index contributed by atoms with van der Waals surface area (Å²) in [6.45, 7) is 9.68. The molecular formula is C21H31FN3O2PS. The zero-order valence-corrected chi connectivity index (χ0v) is 19.7. The molecule has 0 saturated heterocycles. The Morgan fingerprint density at radius 1 is 1.21 bits per heavy atom. The molecule has 1 aliphatic carbocycles. The average molecular weight is 440 g/mol. The van der Waals surface area contributed by atoms with Crippen molar-refractivity contribution in [1.29, 1.82) is 0 Å². The molecule has 0 bridgehead atoms. The van der Waals surface area contributed by atoms with E-state index in [4.69, 9.17) is 4.18 Å². The Balaban J connectivity index is 0.00000145. The summed E-state index contributed by atoms with van der Waals surface area (Å²) in [6.07, 6.45) is 3.82. The van der Waals surface area contributed by atoms with E-state index in [1.165, 1.54) is 28.7 Å². The summed E-state index contributed by atoms with van der Waals surface area (Å²) in [5.41, 5.74) is 2.45. The fourth-order valence-electron chi connectivity index (χ4n) is 2.76. The molecule has 2 aromatic rings. The molecule has 29 heavy (non-hydrogen) atoms. The van der Waals surface area contributed by atoms with E-state index >= 15 is 0 Å².